The molecule has 0 aromatic heterocycles. The molecule has 0 aliphatic rings. The van der Waals surface area contributed by atoms with E-state index in [0.717, 1.165) is 22.6 Å². The van der Waals surface area contributed by atoms with E-state index in [1.807, 2.05) is 44.3 Å². The van der Waals surface area contributed by atoms with E-state index in [-0.39, 0.29) is 11.9 Å². The third kappa shape index (κ3) is 3.55. The maximum absolute atomic E-state index is 13.2. The third-order valence-electron chi connectivity index (χ3n) is 3.31. The molecule has 1 nitrogen and oxygen atoms in total. The van der Waals surface area contributed by atoms with Crippen LogP contribution in [0.5, 0.6) is 0 Å². The molecule has 2 aromatic carbocycles. The van der Waals surface area contributed by atoms with Crippen molar-refractivity contribution in [2.45, 2.75) is 19.4 Å². The Hall–Kier alpha value is -1.38. The van der Waals surface area contributed by atoms with Crippen molar-refractivity contribution in [3.05, 3.63) is 70.0 Å². The van der Waals surface area contributed by atoms with Gasteiger partial charge in [0.15, 0.2) is 0 Å². The molecule has 3 heteroatoms. The minimum Gasteiger partial charge on any atom is -0.313 e. The summed E-state index contributed by atoms with van der Waals surface area (Å²) in [5, 5.41) is 4.02. The maximum atomic E-state index is 13.2. The van der Waals surface area contributed by atoms with Crippen molar-refractivity contribution in [1.29, 1.82) is 0 Å². The van der Waals surface area contributed by atoms with E-state index in [2.05, 4.69) is 5.32 Å². The van der Waals surface area contributed by atoms with E-state index in [1.54, 1.807) is 6.07 Å². The lowest BCUT2D eigenvalue weighted by atomic mass is 9.95. The molecule has 2 aromatic rings. The van der Waals surface area contributed by atoms with E-state index in [4.69, 9.17) is 11.6 Å². The number of rotatable bonds is 4. The van der Waals surface area contributed by atoms with Gasteiger partial charge in [-0.05, 0) is 61.3 Å². The fraction of sp³-hybridized carbons (Fsp3) is 0.250. The van der Waals surface area contributed by atoms with E-state index in [0.29, 0.717) is 0 Å². The summed E-state index contributed by atoms with van der Waals surface area (Å²) in [6.45, 7) is 1.94. The minimum absolute atomic E-state index is 0.168. The maximum Gasteiger partial charge on any atom is 0.123 e. The molecule has 0 bridgehead atoms. The van der Waals surface area contributed by atoms with Crippen LogP contribution in [0.3, 0.4) is 0 Å². The quantitative estimate of drug-likeness (QED) is 0.879. The average Bonchev–Trinajstić information content (AvgIpc) is 2.39. The lowest BCUT2D eigenvalue weighted by molar-refractivity contribution is 0.582. The van der Waals surface area contributed by atoms with Crippen LogP contribution >= 0.6 is 11.6 Å². The molecule has 1 atom stereocenters. The Balaban J connectivity index is 2.22. The molecule has 0 saturated carbocycles. The molecule has 1 N–H and O–H groups in total. The zero-order valence-electron chi connectivity index (χ0n) is 11.1. The number of benzene rings is 2. The fourth-order valence-corrected chi connectivity index (χ4v) is 2.38. The van der Waals surface area contributed by atoms with Crippen LogP contribution in [0, 0.1) is 12.7 Å². The van der Waals surface area contributed by atoms with Crippen molar-refractivity contribution in [1.82, 2.24) is 5.32 Å². The van der Waals surface area contributed by atoms with Gasteiger partial charge in [0.2, 0.25) is 0 Å². The third-order valence-corrected chi connectivity index (χ3v) is 3.56. The van der Waals surface area contributed by atoms with Crippen LogP contribution in [-0.2, 0) is 6.42 Å². The zero-order chi connectivity index (χ0) is 13.8. The zero-order valence-corrected chi connectivity index (χ0v) is 11.8. The molecule has 100 valence electrons. The SMILES string of the molecule is CNC(Cc1ccc(Cl)cc1)c1ccc(F)cc1C. The lowest BCUT2D eigenvalue weighted by Gasteiger charge is -2.19. The van der Waals surface area contributed by atoms with E-state index >= 15 is 0 Å². The Bertz CT molecular complexity index is 551. The molecular weight excluding hydrogens is 261 g/mol. The largest absolute Gasteiger partial charge is 0.313 e. The van der Waals surface area contributed by atoms with Gasteiger partial charge in [0.25, 0.3) is 0 Å². The average molecular weight is 278 g/mol. The van der Waals surface area contributed by atoms with Crippen LogP contribution in [0.1, 0.15) is 22.7 Å². The number of halogens is 2. The van der Waals surface area contributed by atoms with Crippen LogP contribution < -0.4 is 5.32 Å². The van der Waals surface area contributed by atoms with E-state index in [1.165, 1.54) is 11.6 Å². The standard InChI is InChI=1S/C16H17ClFN/c1-11-9-14(18)7-8-15(11)16(19-2)10-12-3-5-13(17)6-4-12/h3-9,16,19H,10H2,1-2H3. The molecular formula is C16H17ClFN. The van der Waals surface area contributed by atoms with Crippen molar-refractivity contribution in [2.75, 3.05) is 7.05 Å². The van der Waals surface area contributed by atoms with Crippen molar-refractivity contribution >= 4 is 11.6 Å². The van der Waals surface area contributed by atoms with Crippen molar-refractivity contribution in [2.24, 2.45) is 0 Å². The minimum atomic E-state index is -0.192. The van der Waals surface area contributed by atoms with Gasteiger partial charge in [-0.25, -0.2) is 4.39 Å². The molecule has 0 aliphatic carbocycles. The summed E-state index contributed by atoms with van der Waals surface area (Å²) in [5.74, 6) is -0.192. The summed E-state index contributed by atoms with van der Waals surface area (Å²) >= 11 is 5.88. The van der Waals surface area contributed by atoms with Gasteiger partial charge < -0.3 is 5.32 Å². The summed E-state index contributed by atoms with van der Waals surface area (Å²) < 4.78 is 13.2. The van der Waals surface area contributed by atoms with Gasteiger partial charge in [-0.1, -0.05) is 29.8 Å². The van der Waals surface area contributed by atoms with Gasteiger partial charge >= 0.3 is 0 Å². The number of hydrogen-bond acceptors (Lipinski definition) is 1. The molecule has 0 saturated heterocycles. The smallest absolute Gasteiger partial charge is 0.123 e. The molecule has 2 rings (SSSR count). The van der Waals surface area contributed by atoms with Crippen LogP contribution in [0.4, 0.5) is 4.39 Å². The summed E-state index contributed by atoms with van der Waals surface area (Å²) in [5.41, 5.74) is 3.29. The highest BCUT2D eigenvalue weighted by atomic mass is 35.5. The predicted octanol–water partition coefficient (Wildman–Crippen LogP) is 4.29. The van der Waals surface area contributed by atoms with Crippen LogP contribution in [0.25, 0.3) is 0 Å². The first-order chi connectivity index (χ1) is 9.10. The van der Waals surface area contributed by atoms with Gasteiger partial charge in [-0.15, -0.1) is 0 Å². The molecule has 0 heterocycles. The van der Waals surface area contributed by atoms with Gasteiger partial charge in [0, 0.05) is 11.1 Å². The molecule has 0 amide bonds. The highest BCUT2D eigenvalue weighted by Gasteiger charge is 2.13. The first-order valence-corrected chi connectivity index (χ1v) is 6.65. The molecule has 1 unspecified atom stereocenters. The first kappa shape index (κ1) is 14.0. The summed E-state index contributed by atoms with van der Waals surface area (Å²) in [7, 11) is 1.92. The summed E-state index contributed by atoms with van der Waals surface area (Å²) in [4.78, 5) is 0. The van der Waals surface area contributed by atoms with E-state index in [9.17, 15) is 4.39 Å². The van der Waals surface area contributed by atoms with Crippen LogP contribution in [0.2, 0.25) is 5.02 Å². The number of hydrogen-bond donors (Lipinski definition) is 1. The van der Waals surface area contributed by atoms with Crippen LogP contribution in [0.15, 0.2) is 42.5 Å². The Morgan fingerprint density at radius 3 is 2.42 bits per heavy atom. The van der Waals surface area contributed by atoms with Gasteiger partial charge in [0.05, 0.1) is 0 Å². The van der Waals surface area contributed by atoms with Gasteiger partial charge in [0.1, 0.15) is 5.82 Å². The molecule has 0 aliphatic heterocycles. The highest BCUT2D eigenvalue weighted by molar-refractivity contribution is 6.30. The Labute approximate surface area is 118 Å². The summed E-state index contributed by atoms with van der Waals surface area (Å²) in [6.07, 6.45) is 0.847. The normalized spacial score (nSPS) is 12.4. The van der Waals surface area contributed by atoms with Crippen LogP contribution in [-0.4, -0.2) is 7.05 Å². The lowest BCUT2D eigenvalue weighted by Crippen LogP contribution is -2.19. The second-order valence-electron chi connectivity index (χ2n) is 4.67. The highest BCUT2D eigenvalue weighted by Crippen LogP contribution is 2.23. The Morgan fingerprint density at radius 2 is 1.84 bits per heavy atom. The predicted molar refractivity (Wildman–Crippen MR) is 78.1 cm³/mol. The second-order valence-corrected chi connectivity index (χ2v) is 5.11. The van der Waals surface area contributed by atoms with E-state index < -0.39 is 0 Å². The summed E-state index contributed by atoms with van der Waals surface area (Å²) in [6, 6.07) is 12.9. The second kappa shape index (κ2) is 6.18. The molecule has 0 fully saturated rings. The topological polar surface area (TPSA) is 12.0 Å². The molecule has 0 spiro atoms. The molecule has 0 radical (unpaired) electrons. The number of likely N-dealkylation sites (N-methyl/N-ethyl adjacent to an activating group) is 1. The number of nitrogens with one attached hydrogen (secondary N) is 1. The van der Waals surface area contributed by atoms with Crippen molar-refractivity contribution in [3.63, 3.8) is 0 Å². The van der Waals surface area contributed by atoms with Gasteiger partial charge in [-0.3, -0.25) is 0 Å². The Morgan fingerprint density at radius 1 is 1.16 bits per heavy atom. The monoisotopic (exact) mass is 277 g/mol. The number of aryl methyl sites for hydroxylation is 1. The molecule has 19 heavy (non-hydrogen) atoms. The Kier molecular flexibility index (Phi) is 4.56. The fourth-order valence-electron chi connectivity index (χ4n) is 2.25. The van der Waals surface area contributed by atoms with Gasteiger partial charge in [-0.2, -0.15) is 0 Å². The van der Waals surface area contributed by atoms with Crippen molar-refractivity contribution < 1.29 is 4.39 Å². The van der Waals surface area contributed by atoms with Crippen molar-refractivity contribution in [3.8, 4) is 0 Å². The first-order valence-electron chi connectivity index (χ1n) is 6.28.